The number of aryl methyl sites for hydroxylation is 1. The van der Waals surface area contributed by atoms with Crippen molar-refractivity contribution in [3.8, 4) is 0 Å². The third-order valence-corrected chi connectivity index (χ3v) is 4.25. The van der Waals surface area contributed by atoms with E-state index in [4.69, 9.17) is 0 Å². The third kappa shape index (κ3) is 2.44. The molecular weight excluding hydrogens is 206 g/mol. The number of hydrogen-bond acceptors (Lipinski definition) is 1. The minimum absolute atomic E-state index is 0.773. The number of allylic oxidation sites excluding steroid dienone is 1. The van der Waals surface area contributed by atoms with Gasteiger partial charge < -0.3 is 5.32 Å². The molecule has 0 radical (unpaired) electrons. The van der Waals surface area contributed by atoms with Gasteiger partial charge in [0.05, 0.1) is 0 Å². The Morgan fingerprint density at radius 1 is 1.18 bits per heavy atom. The topological polar surface area (TPSA) is 12.0 Å². The van der Waals surface area contributed by atoms with E-state index in [1.807, 2.05) is 0 Å². The first kappa shape index (κ1) is 11.0. The van der Waals surface area contributed by atoms with E-state index in [9.17, 15) is 0 Å². The summed E-state index contributed by atoms with van der Waals surface area (Å²) >= 11 is 0. The molecule has 1 heteroatoms. The summed E-state index contributed by atoms with van der Waals surface area (Å²) in [6, 6.07) is 11.6. The zero-order valence-electron chi connectivity index (χ0n) is 10.3. The maximum absolute atomic E-state index is 3.71. The van der Waals surface area contributed by atoms with Crippen LogP contribution in [-0.4, -0.2) is 12.6 Å². The predicted octanol–water partition coefficient (Wildman–Crippen LogP) is 3.17. The zero-order valence-corrected chi connectivity index (χ0v) is 10.3. The van der Waals surface area contributed by atoms with Gasteiger partial charge in [-0.1, -0.05) is 42.5 Å². The highest BCUT2D eigenvalue weighted by molar-refractivity contribution is 5.15. The van der Waals surface area contributed by atoms with Crippen molar-refractivity contribution >= 4 is 0 Å². The molecule has 90 valence electrons. The Labute approximate surface area is 104 Å². The van der Waals surface area contributed by atoms with Crippen LogP contribution < -0.4 is 5.32 Å². The lowest BCUT2D eigenvalue weighted by Gasteiger charge is -2.40. The van der Waals surface area contributed by atoms with E-state index in [1.165, 1.54) is 31.2 Å². The summed E-state index contributed by atoms with van der Waals surface area (Å²) in [4.78, 5) is 0. The predicted molar refractivity (Wildman–Crippen MR) is 71.9 cm³/mol. The molecule has 0 aromatic heterocycles. The molecule has 0 bridgehead atoms. The second kappa shape index (κ2) is 5.05. The molecule has 17 heavy (non-hydrogen) atoms. The number of rotatable bonds is 5. The van der Waals surface area contributed by atoms with Gasteiger partial charge in [0.15, 0.2) is 0 Å². The highest BCUT2D eigenvalue weighted by atomic mass is 14.9. The molecule has 3 rings (SSSR count). The standard InChI is InChI=1S/C16H21N/c1-2-6-13(7-3-1)8-5-11-17-16-12-14-9-4-10-15(14)16/h1-4,6-7,10,14-17H,5,8-9,11-12H2. The molecule has 1 fully saturated rings. The summed E-state index contributed by atoms with van der Waals surface area (Å²) in [6.45, 7) is 1.16. The average Bonchev–Trinajstić information content (AvgIpc) is 2.72. The van der Waals surface area contributed by atoms with Crippen molar-refractivity contribution in [1.29, 1.82) is 0 Å². The van der Waals surface area contributed by atoms with Gasteiger partial charge >= 0.3 is 0 Å². The Morgan fingerprint density at radius 3 is 2.88 bits per heavy atom. The molecule has 1 N–H and O–H groups in total. The minimum atomic E-state index is 0.773. The minimum Gasteiger partial charge on any atom is -0.313 e. The first-order chi connectivity index (χ1) is 8.43. The summed E-state index contributed by atoms with van der Waals surface area (Å²) in [6.07, 6.45) is 9.95. The Balaban J connectivity index is 1.35. The number of fused-ring (bicyclic) bond motifs is 1. The van der Waals surface area contributed by atoms with E-state index in [1.54, 1.807) is 0 Å². The molecule has 3 atom stereocenters. The molecule has 2 aliphatic rings. The maximum Gasteiger partial charge on any atom is 0.0136 e. The van der Waals surface area contributed by atoms with Crippen molar-refractivity contribution in [3.63, 3.8) is 0 Å². The molecule has 1 aromatic carbocycles. The summed E-state index contributed by atoms with van der Waals surface area (Å²) in [5.41, 5.74) is 1.46. The van der Waals surface area contributed by atoms with Gasteiger partial charge in [-0.15, -0.1) is 0 Å². The van der Waals surface area contributed by atoms with E-state index >= 15 is 0 Å². The molecule has 2 aliphatic carbocycles. The second-order valence-corrected chi connectivity index (χ2v) is 5.39. The smallest absolute Gasteiger partial charge is 0.0136 e. The van der Waals surface area contributed by atoms with Crippen LogP contribution in [0.5, 0.6) is 0 Å². The lowest BCUT2D eigenvalue weighted by molar-refractivity contribution is 0.163. The van der Waals surface area contributed by atoms with E-state index in [2.05, 4.69) is 47.8 Å². The summed E-state index contributed by atoms with van der Waals surface area (Å²) < 4.78 is 0. The lowest BCUT2D eigenvalue weighted by Crippen LogP contribution is -2.48. The maximum atomic E-state index is 3.71. The van der Waals surface area contributed by atoms with Gasteiger partial charge in [-0.05, 0) is 49.6 Å². The van der Waals surface area contributed by atoms with Crippen LogP contribution in [0.25, 0.3) is 0 Å². The van der Waals surface area contributed by atoms with Gasteiger partial charge in [-0.2, -0.15) is 0 Å². The van der Waals surface area contributed by atoms with Gasteiger partial charge in [-0.3, -0.25) is 0 Å². The van der Waals surface area contributed by atoms with Crippen molar-refractivity contribution in [2.75, 3.05) is 6.54 Å². The first-order valence-corrected chi connectivity index (χ1v) is 6.87. The SMILES string of the molecule is C1=CC2C(C1)CC2NCCCc1ccccc1. The van der Waals surface area contributed by atoms with Gasteiger partial charge in [-0.25, -0.2) is 0 Å². The highest BCUT2D eigenvalue weighted by Crippen LogP contribution is 2.42. The number of nitrogens with one attached hydrogen (secondary N) is 1. The van der Waals surface area contributed by atoms with Gasteiger partial charge in [0, 0.05) is 6.04 Å². The largest absolute Gasteiger partial charge is 0.313 e. The molecule has 1 aromatic rings. The van der Waals surface area contributed by atoms with Crippen LogP contribution in [-0.2, 0) is 6.42 Å². The normalized spacial score (nSPS) is 30.0. The Bertz CT molecular complexity index is 382. The van der Waals surface area contributed by atoms with Crippen molar-refractivity contribution in [1.82, 2.24) is 5.32 Å². The van der Waals surface area contributed by atoms with Crippen molar-refractivity contribution in [3.05, 3.63) is 48.0 Å². The lowest BCUT2D eigenvalue weighted by atomic mass is 9.71. The zero-order chi connectivity index (χ0) is 11.5. The highest BCUT2D eigenvalue weighted by Gasteiger charge is 2.40. The number of benzene rings is 1. The Morgan fingerprint density at radius 2 is 2.06 bits per heavy atom. The molecule has 0 amide bonds. The van der Waals surface area contributed by atoms with Crippen LogP contribution >= 0.6 is 0 Å². The summed E-state index contributed by atoms with van der Waals surface area (Å²) in [7, 11) is 0. The van der Waals surface area contributed by atoms with Crippen molar-refractivity contribution in [2.24, 2.45) is 11.8 Å². The fourth-order valence-electron chi connectivity index (χ4n) is 3.17. The third-order valence-electron chi connectivity index (χ3n) is 4.25. The molecular formula is C16H21N. The molecule has 1 saturated carbocycles. The van der Waals surface area contributed by atoms with Crippen LogP contribution in [0.3, 0.4) is 0 Å². The molecule has 3 unspecified atom stereocenters. The molecule has 0 aliphatic heterocycles. The van der Waals surface area contributed by atoms with Crippen LogP contribution in [0.15, 0.2) is 42.5 Å². The van der Waals surface area contributed by atoms with Gasteiger partial charge in [0.2, 0.25) is 0 Å². The fraction of sp³-hybridized carbons (Fsp3) is 0.500. The molecule has 0 spiro atoms. The van der Waals surface area contributed by atoms with E-state index in [-0.39, 0.29) is 0 Å². The number of hydrogen-bond donors (Lipinski definition) is 1. The summed E-state index contributed by atoms with van der Waals surface area (Å²) in [5, 5.41) is 3.71. The van der Waals surface area contributed by atoms with Gasteiger partial charge in [0.25, 0.3) is 0 Å². The Kier molecular flexibility index (Phi) is 3.28. The van der Waals surface area contributed by atoms with Crippen molar-refractivity contribution in [2.45, 2.75) is 31.7 Å². The van der Waals surface area contributed by atoms with Crippen molar-refractivity contribution < 1.29 is 0 Å². The van der Waals surface area contributed by atoms with Crippen LogP contribution in [0, 0.1) is 11.8 Å². The van der Waals surface area contributed by atoms with Crippen LogP contribution in [0.2, 0.25) is 0 Å². The fourth-order valence-corrected chi connectivity index (χ4v) is 3.17. The van der Waals surface area contributed by atoms with Crippen LogP contribution in [0.4, 0.5) is 0 Å². The molecule has 0 saturated heterocycles. The average molecular weight is 227 g/mol. The van der Waals surface area contributed by atoms with E-state index < -0.39 is 0 Å². The van der Waals surface area contributed by atoms with E-state index in [0.29, 0.717) is 0 Å². The second-order valence-electron chi connectivity index (χ2n) is 5.39. The van der Waals surface area contributed by atoms with Gasteiger partial charge in [0.1, 0.15) is 0 Å². The summed E-state index contributed by atoms with van der Waals surface area (Å²) in [5.74, 6) is 1.83. The van der Waals surface area contributed by atoms with E-state index in [0.717, 1.165) is 24.4 Å². The quantitative estimate of drug-likeness (QED) is 0.602. The molecule has 0 heterocycles. The Hall–Kier alpha value is -1.08. The van der Waals surface area contributed by atoms with Crippen LogP contribution in [0.1, 0.15) is 24.8 Å². The first-order valence-electron chi connectivity index (χ1n) is 6.87. The molecule has 1 nitrogen and oxygen atoms in total. The monoisotopic (exact) mass is 227 g/mol.